The maximum atomic E-state index is 13.3. The smallest absolute Gasteiger partial charge is 0.242 e. The quantitative estimate of drug-likeness (QED) is 0.501. The van der Waals surface area contributed by atoms with Crippen LogP contribution in [0.25, 0.3) is 0 Å². The summed E-state index contributed by atoms with van der Waals surface area (Å²) in [6.45, 7) is 7.17. The van der Waals surface area contributed by atoms with Gasteiger partial charge >= 0.3 is 0 Å². The van der Waals surface area contributed by atoms with E-state index in [1.807, 2.05) is 51.1 Å². The van der Waals surface area contributed by atoms with Crippen LogP contribution in [0.4, 0.5) is 0 Å². The second kappa shape index (κ2) is 13.0. The van der Waals surface area contributed by atoms with E-state index in [-0.39, 0.29) is 18.2 Å². The van der Waals surface area contributed by atoms with Gasteiger partial charge in [0.2, 0.25) is 11.8 Å². The van der Waals surface area contributed by atoms with Gasteiger partial charge in [-0.05, 0) is 62.1 Å². The summed E-state index contributed by atoms with van der Waals surface area (Å²) in [5.74, 6) is 1.12. The minimum Gasteiger partial charge on any atom is -0.490 e. The molecule has 1 N–H and O–H groups in total. The number of ether oxygens (including phenoxy) is 2. The first-order chi connectivity index (χ1) is 15.4. The van der Waals surface area contributed by atoms with E-state index in [0.717, 1.165) is 11.1 Å². The van der Waals surface area contributed by atoms with Gasteiger partial charge in [0.25, 0.3) is 0 Å². The number of hydrogen-bond acceptors (Lipinski definition) is 4. The van der Waals surface area contributed by atoms with Gasteiger partial charge in [-0.15, -0.1) is 0 Å². The Labute approximate surface area is 195 Å². The molecule has 0 radical (unpaired) electrons. The van der Waals surface area contributed by atoms with Crippen molar-refractivity contribution in [2.24, 2.45) is 0 Å². The highest BCUT2D eigenvalue weighted by Crippen LogP contribution is 2.29. The maximum Gasteiger partial charge on any atom is 0.242 e. The van der Waals surface area contributed by atoms with Gasteiger partial charge in [0.15, 0.2) is 11.5 Å². The van der Waals surface area contributed by atoms with Gasteiger partial charge in [0, 0.05) is 25.0 Å². The summed E-state index contributed by atoms with van der Waals surface area (Å²) in [6, 6.07) is 12.5. The molecule has 0 aromatic heterocycles. The minimum atomic E-state index is -0.539. The highest BCUT2D eigenvalue weighted by Gasteiger charge is 2.27. The number of hydrogen-bond donors (Lipinski definition) is 1. The van der Waals surface area contributed by atoms with Crippen molar-refractivity contribution < 1.29 is 19.1 Å². The Kier molecular flexibility index (Phi) is 10.3. The molecule has 0 aliphatic rings. The second-order valence-corrected chi connectivity index (χ2v) is 7.77. The number of nitrogens with zero attached hydrogens (tertiary/aromatic N) is 1. The summed E-state index contributed by atoms with van der Waals surface area (Å²) in [4.78, 5) is 27.4. The Hall–Kier alpha value is -2.73. The van der Waals surface area contributed by atoms with Gasteiger partial charge in [0.05, 0.1) is 13.2 Å². The van der Waals surface area contributed by atoms with Crippen molar-refractivity contribution in [3.8, 4) is 11.5 Å². The average Bonchev–Trinajstić information content (AvgIpc) is 2.80. The Balaban J connectivity index is 2.19. The SMILES string of the molecule is CCOc1ccc(CCC(=O)N(Cc2ccc(Cl)cc2)[C@H](CC)C(=O)NC)cc1OCC. The number of aryl methyl sites for hydroxylation is 1. The zero-order valence-corrected chi connectivity index (χ0v) is 20.1. The monoisotopic (exact) mass is 460 g/mol. The predicted octanol–water partition coefficient (Wildman–Crippen LogP) is 4.62. The number of carbonyl (C=O) groups excluding carboxylic acids is 2. The standard InChI is InChI=1S/C25H33ClN2O4/c1-5-21(25(30)27-4)28(17-19-8-12-20(26)13-9-19)24(29)15-11-18-10-14-22(31-6-2)23(16-18)32-7-3/h8-10,12-14,16,21H,5-7,11,15,17H2,1-4H3,(H,27,30)/t21-/m1/s1. The van der Waals surface area contributed by atoms with E-state index in [1.54, 1.807) is 24.1 Å². The first kappa shape index (κ1) is 25.5. The van der Waals surface area contributed by atoms with Gasteiger partial charge in [-0.2, -0.15) is 0 Å². The molecule has 0 fully saturated rings. The average molecular weight is 461 g/mol. The van der Waals surface area contributed by atoms with E-state index in [9.17, 15) is 9.59 Å². The Morgan fingerprint density at radius 2 is 1.59 bits per heavy atom. The summed E-state index contributed by atoms with van der Waals surface area (Å²) in [5, 5.41) is 3.31. The zero-order chi connectivity index (χ0) is 23.5. The third kappa shape index (κ3) is 7.16. The van der Waals surface area contributed by atoms with E-state index in [4.69, 9.17) is 21.1 Å². The van der Waals surface area contributed by atoms with Crippen molar-refractivity contribution in [1.29, 1.82) is 0 Å². The molecule has 2 rings (SSSR count). The molecule has 0 unspecified atom stereocenters. The highest BCUT2D eigenvalue weighted by atomic mass is 35.5. The molecule has 2 aromatic carbocycles. The summed E-state index contributed by atoms with van der Waals surface area (Å²) < 4.78 is 11.3. The second-order valence-electron chi connectivity index (χ2n) is 7.33. The highest BCUT2D eigenvalue weighted by molar-refractivity contribution is 6.30. The lowest BCUT2D eigenvalue weighted by Crippen LogP contribution is -2.48. The number of rotatable bonds is 12. The fraction of sp³-hybridized carbons (Fsp3) is 0.440. The molecular formula is C25H33ClN2O4. The number of amides is 2. The van der Waals surface area contributed by atoms with Crippen LogP contribution < -0.4 is 14.8 Å². The zero-order valence-electron chi connectivity index (χ0n) is 19.3. The molecule has 0 bridgehead atoms. The molecule has 0 aliphatic heterocycles. The molecule has 6 nitrogen and oxygen atoms in total. The van der Waals surface area contributed by atoms with Crippen LogP contribution in [-0.2, 0) is 22.6 Å². The van der Waals surface area contributed by atoms with Gasteiger partial charge in [-0.3, -0.25) is 9.59 Å². The molecule has 0 aliphatic carbocycles. The van der Waals surface area contributed by atoms with E-state index < -0.39 is 6.04 Å². The predicted molar refractivity (Wildman–Crippen MR) is 127 cm³/mol. The fourth-order valence-electron chi connectivity index (χ4n) is 3.52. The number of halogens is 1. The molecule has 32 heavy (non-hydrogen) atoms. The fourth-order valence-corrected chi connectivity index (χ4v) is 3.64. The molecular weight excluding hydrogens is 428 g/mol. The van der Waals surface area contributed by atoms with Crippen molar-refractivity contribution in [2.45, 2.75) is 52.6 Å². The number of benzene rings is 2. The third-order valence-corrected chi connectivity index (χ3v) is 5.39. The van der Waals surface area contributed by atoms with Crippen LogP contribution in [0.15, 0.2) is 42.5 Å². The summed E-state index contributed by atoms with van der Waals surface area (Å²) in [7, 11) is 1.59. The Morgan fingerprint density at radius 1 is 0.969 bits per heavy atom. The first-order valence-corrected chi connectivity index (χ1v) is 11.4. The topological polar surface area (TPSA) is 67.9 Å². The van der Waals surface area contributed by atoms with E-state index in [0.29, 0.717) is 49.1 Å². The number of nitrogens with one attached hydrogen (secondary N) is 1. The van der Waals surface area contributed by atoms with Gasteiger partial charge < -0.3 is 19.7 Å². The largest absolute Gasteiger partial charge is 0.490 e. The molecule has 0 heterocycles. The lowest BCUT2D eigenvalue weighted by Gasteiger charge is -2.30. The summed E-state index contributed by atoms with van der Waals surface area (Å²) >= 11 is 5.99. The van der Waals surface area contributed by atoms with E-state index >= 15 is 0 Å². The minimum absolute atomic E-state index is 0.0813. The van der Waals surface area contributed by atoms with E-state index in [2.05, 4.69) is 5.32 Å². The molecule has 2 aromatic rings. The lowest BCUT2D eigenvalue weighted by atomic mass is 10.1. The normalized spacial score (nSPS) is 11.5. The van der Waals surface area contributed by atoms with E-state index in [1.165, 1.54) is 0 Å². The van der Waals surface area contributed by atoms with Crippen molar-refractivity contribution >= 4 is 23.4 Å². The van der Waals surface area contributed by atoms with Crippen LogP contribution in [0.2, 0.25) is 5.02 Å². The van der Waals surface area contributed by atoms with Crippen molar-refractivity contribution in [2.75, 3.05) is 20.3 Å². The maximum absolute atomic E-state index is 13.3. The van der Waals surface area contributed by atoms with Crippen LogP contribution >= 0.6 is 11.6 Å². The van der Waals surface area contributed by atoms with Crippen molar-refractivity contribution in [3.05, 3.63) is 58.6 Å². The third-order valence-electron chi connectivity index (χ3n) is 5.13. The van der Waals surface area contributed by atoms with Crippen LogP contribution in [0.3, 0.4) is 0 Å². The van der Waals surface area contributed by atoms with Crippen molar-refractivity contribution in [1.82, 2.24) is 10.2 Å². The molecule has 0 saturated heterocycles. The first-order valence-electron chi connectivity index (χ1n) is 11.1. The Morgan fingerprint density at radius 3 is 2.19 bits per heavy atom. The Bertz CT molecular complexity index is 886. The van der Waals surface area contributed by atoms with Crippen LogP contribution in [-0.4, -0.2) is 43.0 Å². The van der Waals surface area contributed by atoms with Gasteiger partial charge in [-0.1, -0.05) is 36.7 Å². The summed E-state index contributed by atoms with van der Waals surface area (Å²) in [5.41, 5.74) is 1.90. The molecule has 174 valence electrons. The van der Waals surface area contributed by atoms with Crippen LogP contribution in [0.5, 0.6) is 11.5 Å². The van der Waals surface area contributed by atoms with Crippen LogP contribution in [0, 0.1) is 0 Å². The van der Waals surface area contributed by atoms with Crippen molar-refractivity contribution in [3.63, 3.8) is 0 Å². The molecule has 1 atom stereocenters. The number of carbonyl (C=O) groups is 2. The van der Waals surface area contributed by atoms with Gasteiger partial charge in [-0.25, -0.2) is 0 Å². The number of likely N-dealkylation sites (N-methyl/N-ethyl adjacent to an activating group) is 1. The molecule has 0 spiro atoms. The van der Waals surface area contributed by atoms with Crippen LogP contribution in [0.1, 0.15) is 44.7 Å². The summed E-state index contributed by atoms with van der Waals surface area (Å²) in [6.07, 6.45) is 1.34. The molecule has 7 heteroatoms. The lowest BCUT2D eigenvalue weighted by molar-refractivity contribution is -0.141. The van der Waals surface area contributed by atoms with Gasteiger partial charge in [0.1, 0.15) is 6.04 Å². The molecule has 2 amide bonds. The molecule has 0 saturated carbocycles.